The fourth-order valence-electron chi connectivity index (χ4n) is 1.64. The molecule has 0 aliphatic heterocycles. The third kappa shape index (κ3) is 4.49. The minimum absolute atomic E-state index is 0.0124. The number of hydrogen-bond acceptors (Lipinski definition) is 5. The zero-order chi connectivity index (χ0) is 16.8. The van der Waals surface area contributed by atoms with Gasteiger partial charge in [-0.2, -0.15) is 5.10 Å². The third-order valence-electron chi connectivity index (χ3n) is 2.61. The molecule has 118 valence electrons. The standard InChI is InChI=1S/C14H11FN4O4/c15-10-2-4-11(5-3-10)23-13-6-1-9(7-12(13)19(21)22)8-17-18-14(16)20/h1-8H,(H3,16,18,20). The molecule has 2 aromatic carbocycles. The highest BCUT2D eigenvalue weighted by Gasteiger charge is 2.16. The number of halogens is 1. The molecule has 0 aromatic heterocycles. The number of hydrogen-bond donors (Lipinski definition) is 2. The van der Waals surface area contributed by atoms with Gasteiger partial charge >= 0.3 is 11.7 Å². The number of carbonyl (C=O) groups is 1. The van der Waals surface area contributed by atoms with E-state index in [-0.39, 0.29) is 17.2 Å². The monoisotopic (exact) mass is 318 g/mol. The fourth-order valence-corrected chi connectivity index (χ4v) is 1.64. The molecule has 23 heavy (non-hydrogen) atoms. The van der Waals surface area contributed by atoms with Crippen molar-refractivity contribution in [2.24, 2.45) is 10.8 Å². The van der Waals surface area contributed by atoms with Gasteiger partial charge < -0.3 is 10.5 Å². The number of nitrogens with zero attached hydrogens (tertiary/aromatic N) is 2. The van der Waals surface area contributed by atoms with Crippen LogP contribution in [-0.2, 0) is 0 Å². The van der Waals surface area contributed by atoms with Crippen LogP contribution in [-0.4, -0.2) is 17.2 Å². The smallest absolute Gasteiger partial charge is 0.332 e. The Bertz CT molecular complexity index is 762. The van der Waals surface area contributed by atoms with E-state index in [1.54, 1.807) is 0 Å². The number of rotatable bonds is 5. The van der Waals surface area contributed by atoms with E-state index in [0.717, 1.165) is 0 Å². The van der Waals surface area contributed by atoms with Crippen molar-refractivity contribution >= 4 is 17.9 Å². The predicted octanol–water partition coefficient (Wildman–Crippen LogP) is 2.53. The summed E-state index contributed by atoms with van der Waals surface area (Å²) in [5.74, 6) is -0.201. The summed E-state index contributed by atoms with van der Waals surface area (Å²) < 4.78 is 18.2. The Morgan fingerprint density at radius 1 is 1.30 bits per heavy atom. The number of hydrazone groups is 1. The van der Waals surface area contributed by atoms with Crippen molar-refractivity contribution in [3.63, 3.8) is 0 Å². The zero-order valence-electron chi connectivity index (χ0n) is 11.6. The summed E-state index contributed by atoms with van der Waals surface area (Å²) >= 11 is 0. The molecule has 2 aromatic rings. The van der Waals surface area contributed by atoms with Gasteiger partial charge in [-0.3, -0.25) is 10.1 Å². The summed E-state index contributed by atoms with van der Waals surface area (Å²) in [7, 11) is 0. The number of carbonyl (C=O) groups excluding carboxylic acids is 1. The van der Waals surface area contributed by atoms with Crippen LogP contribution in [0.5, 0.6) is 11.5 Å². The van der Waals surface area contributed by atoms with E-state index < -0.39 is 16.8 Å². The van der Waals surface area contributed by atoms with Gasteiger partial charge in [-0.05, 0) is 36.4 Å². The summed E-state index contributed by atoms with van der Waals surface area (Å²) in [6.45, 7) is 0. The van der Waals surface area contributed by atoms with Crippen molar-refractivity contribution < 1.29 is 18.8 Å². The lowest BCUT2D eigenvalue weighted by Crippen LogP contribution is -2.24. The van der Waals surface area contributed by atoms with E-state index in [1.807, 2.05) is 5.43 Å². The number of ether oxygens (including phenoxy) is 1. The minimum Gasteiger partial charge on any atom is -0.450 e. The Morgan fingerprint density at radius 3 is 2.61 bits per heavy atom. The van der Waals surface area contributed by atoms with E-state index in [9.17, 15) is 19.3 Å². The summed E-state index contributed by atoms with van der Waals surface area (Å²) in [5, 5.41) is 14.6. The maximum Gasteiger partial charge on any atom is 0.332 e. The quantitative estimate of drug-likeness (QED) is 0.500. The van der Waals surface area contributed by atoms with Crippen molar-refractivity contribution in [3.05, 3.63) is 64.0 Å². The first kappa shape index (κ1) is 15.9. The lowest BCUT2D eigenvalue weighted by atomic mass is 10.2. The second-order valence-electron chi connectivity index (χ2n) is 4.27. The van der Waals surface area contributed by atoms with Crippen LogP contribution in [0.3, 0.4) is 0 Å². The normalized spacial score (nSPS) is 10.5. The molecule has 0 atom stereocenters. The lowest BCUT2D eigenvalue weighted by molar-refractivity contribution is -0.385. The summed E-state index contributed by atoms with van der Waals surface area (Å²) in [4.78, 5) is 21.0. The second kappa shape index (κ2) is 6.98. The zero-order valence-corrected chi connectivity index (χ0v) is 11.6. The van der Waals surface area contributed by atoms with E-state index >= 15 is 0 Å². The Labute approximate surface area is 129 Å². The molecule has 2 amide bonds. The number of primary amides is 1. The maximum absolute atomic E-state index is 12.8. The number of nitro groups is 1. The van der Waals surface area contributed by atoms with Crippen molar-refractivity contribution in [2.75, 3.05) is 0 Å². The first-order valence-electron chi connectivity index (χ1n) is 6.26. The average Bonchev–Trinajstić information content (AvgIpc) is 2.50. The second-order valence-corrected chi connectivity index (χ2v) is 4.27. The van der Waals surface area contributed by atoms with Crippen LogP contribution in [0.2, 0.25) is 0 Å². The number of nitrogens with two attached hydrogens (primary N) is 1. The van der Waals surface area contributed by atoms with Crippen LogP contribution in [0.4, 0.5) is 14.9 Å². The molecule has 0 saturated carbocycles. The number of urea groups is 1. The Hall–Kier alpha value is -3.49. The Morgan fingerprint density at radius 2 is 2.00 bits per heavy atom. The molecule has 0 heterocycles. The number of nitrogens with one attached hydrogen (secondary N) is 1. The Kier molecular flexibility index (Phi) is 4.82. The van der Waals surface area contributed by atoms with Gasteiger partial charge in [0.1, 0.15) is 11.6 Å². The third-order valence-corrected chi connectivity index (χ3v) is 2.61. The van der Waals surface area contributed by atoms with E-state index in [4.69, 9.17) is 10.5 Å². The molecular formula is C14H11FN4O4. The molecule has 0 saturated heterocycles. The molecule has 0 aliphatic carbocycles. The molecular weight excluding hydrogens is 307 g/mol. The van der Waals surface area contributed by atoms with Gasteiger partial charge in [0.25, 0.3) is 0 Å². The largest absolute Gasteiger partial charge is 0.450 e. The number of benzene rings is 2. The molecule has 9 heteroatoms. The molecule has 8 nitrogen and oxygen atoms in total. The molecule has 0 fully saturated rings. The van der Waals surface area contributed by atoms with Gasteiger partial charge in [0.15, 0.2) is 0 Å². The van der Waals surface area contributed by atoms with Gasteiger partial charge in [0, 0.05) is 11.6 Å². The van der Waals surface area contributed by atoms with Crippen molar-refractivity contribution in [2.45, 2.75) is 0 Å². The molecule has 0 spiro atoms. The lowest BCUT2D eigenvalue weighted by Gasteiger charge is -2.06. The van der Waals surface area contributed by atoms with Crippen molar-refractivity contribution in [1.29, 1.82) is 0 Å². The van der Waals surface area contributed by atoms with Crippen LogP contribution < -0.4 is 15.9 Å². The summed E-state index contributed by atoms with van der Waals surface area (Å²) in [5.41, 5.74) is 6.86. The van der Waals surface area contributed by atoms with Gasteiger partial charge in [-0.1, -0.05) is 0 Å². The topological polar surface area (TPSA) is 120 Å². The molecule has 3 N–H and O–H groups in total. The highest BCUT2D eigenvalue weighted by Crippen LogP contribution is 2.31. The van der Waals surface area contributed by atoms with Gasteiger partial charge in [-0.25, -0.2) is 14.6 Å². The summed E-state index contributed by atoms with van der Waals surface area (Å²) in [6, 6.07) is 8.29. The number of amides is 2. The fraction of sp³-hybridized carbons (Fsp3) is 0. The van der Waals surface area contributed by atoms with Crippen molar-refractivity contribution in [1.82, 2.24) is 5.43 Å². The van der Waals surface area contributed by atoms with Crippen LogP contribution in [0.25, 0.3) is 0 Å². The number of nitro benzene ring substituents is 1. The van der Waals surface area contributed by atoms with Gasteiger partial charge in [-0.15, -0.1) is 0 Å². The molecule has 0 unspecified atom stereocenters. The van der Waals surface area contributed by atoms with E-state index in [2.05, 4.69) is 5.10 Å². The van der Waals surface area contributed by atoms with Crippen LogP contribution in [0.1, 0.15) is 5.56 Å². The van der Waals surface area contributed by atoms with Gasteiger partial charge in [0.2, 0.25) is 5.75 Å². The molecule has 0 aliphatic rings. The van der Waals surface area contributed by atoms with Gasteiger partial charge in [0.05, 0.1) is 11.1 Å². The molecule has 0 bridgehead atoms. The van der Waals surface area contributed by atoms with E-state index in [1.165, 1.54) is 48.7 Å². The predicted molar refractivity (Wildman–Crippen MR) is 79.9 cm³/mol. The van der Waals surface area contributed by atoms with E-state index in [0.29, 0.717) is 5.56 Å². The highest BCUT2D eigenvalue weighted by molar-refractivity contribution is 5.83. The average molecular weight is 318 g/mol. The van der Waals surface area contributed by atoms with Crippen LogP contribution >= 0.6 is 0 Å². The SMILES string of the molecule is NC(=O)NN=Cc1ccc(Oc2ccc(F)cc2)c([N+](=O)[O-])c1. The Balaban J connectivity index is 2.25. The maximum atomic E-state index is 12.8. The highest BCUT2D eigenvalue weighted by atomic mass is 19.1. The summed E-state index contributed by atoms with van der Waals surface area (Å²) in [6.07, 6.45) is 1.19. The van der Waals surface area contributed by atoms with Crippen LogP contribution in [0.15, 0.2) is 47.6 Å². The molecule has 2 rings (SSSR count). The first-order valence-corrected chi connectivity index (χ1v) is 6.26. The van der Waals surface area contributed by atoms with Crippen LogP contribution in [0, 0.1) is 15.9 Å². The first-order chi connectivity index (χ1) is 11.0. The molecule has 0 radical (unpaired) electrons. The minimum atomic E-state index is -0.855. The van der Waals surface area contributed by atoms with Crippen molar-refractivity contribution in [3.8, 4) is 11.5 Å².